The van der Waals surface area contributed by atoms with Gasteiger partial charge in [-0.1, -0.05) is 32.1 Å². The van der Waals surface area contributed by atoms with Crippen LogP contribution in [-0.4, -0.2) is 55.8 Å². The summed E-state index contributed by atoms with van der Waals surface area (Å²) in [6.45, 7) is 0.879. The SMILES string of the molecule is CN(CCC1CCCCC1)C(=O)C1CCC(NC(=O)CC2CCC(S(=O)(=O)CC3CC3)CC2)CC1. The summed E-state index contributed by atoms with van der Waals surface area (Å²) in [6.07, 6.45) is 17.1. The van der Waals surface area contributed by atoms with Gasteiger partial charge in [-0.3, -0.25) is 9.59 Å². The van der Waals surface area contributed by atoms with Crippen LogP contribution in [0.15, 0.2) is 0 Å². The molecule has 0 atom stereocenters. The molecular weight excluding hydrogens is 460 g/mol. The van der Waals surface area contributed by atoms with Crippen LogP contribution in [0.1, 0.15) is 109 Å². The van der Waals surface area contributed by atoms with Gasteiger partial charge in [-0.05, 0) is 88.4 Å². The zero-order valence-electron chi connectivity index (χ0n) is 21.9. The third kappa shape index (κ3) is 8.19. The second-order valence-electron chi connectivity index (χ2n) is 12.3. The van der Waals surface area contributed by atoms with Crippen LogP contribution in [0.3, 0.4) is 0 Å². The minimum Gasteiger partial charge on any atom is -0.353 e. The summed E-state index contributed by atoms with van der Waals surface area (Å²) in [5.74, 6) is 2.39. The highest BCUT2D eigenvalue weighted by Gasteiger charge is 2.36. The molecule has 200 valence electrons. The molecule has 0 spiro atoms. The maximum Gasteiger partial charge on any atom is 0.225 e. The maximum absolute atomic E-state index is 12.9. The van der Waals surface area contributed by atoms with Crippen molar-refractivity contribution in [3.8, 4) is 0 Å². The zero-order chi connectivity index (χ0) is 24.8. The number of carbonyl (C=O) groups is 2. The van der Waals surface area contributed by atoms with Crippen LogP contribution in [0.4, 0.5) is 0 Å². The lowest BCUT2D eigenvalue weighted by Gasteiger charge is -2.32. The fourth-order valence-corrected chi connectivity index (χ4v) is 9.00. The van der Waals surface area contributed by atoms with Crippen molar-refractivity contribution in [1.82, 2.24) is 10.2 Å². The smallest absolute Gasteiger partial charge is 0.225 e. The van der Waals surface area contributed by atoms with Crippen LogP contribution >= 0.6 is 0 Å². The van der Waals surface area contributed by atoms with Crippen molar-refractivity contribution in [1.29, 1.82) is 0 Å². The molecule has 0 aromatic rings. The number of nitrogens with one attached hydrogen (secondary N) is 1. The molecule has 4 saturated carbocycles. The Hall–Kier alpha value is -1.11. The molecule has 0 saturated heterocycles. The summed E-state index contributed by atoms with van der Waals surface area (Å²) in [5, 5.41) is 3.03. The van der Waals surface area contributed by atoms with Crippen LogP contribution in [0.25, 0.3) is 0 Å². The lowest BCUT2D eigenvalue weighted by atomic mass is 9.84. The van der Waals surface area contributed by atoms with Crippen molar-refractivity contribution in [3.63, 3.8) is 0 Å². The summed E-state index contributed by atoms with van der Waals surface area (Å²) in [5.41, 5.74) is 0. The molecular formula is C28H48N2O4S. The highest BCUT2D eigenvalue weighted by molar-refractivity contribution is 7.92. The molecule has 6 nitrogen and oxygen atoms in total. The molecule has 4 fully saturated rings. The van der Waals surface area contributed by atoms with Crippen molar-refractivity contribution >= 4 is 21.7 Å². The van der Waals surface area contributed by atoms with E-state index in [1.165, 1.54) is 32.1 Å². The second-order valence-corrected chi connectivity index (χ2v) is 14.6. The molecule has 2 amide bonds. The molecule has 0 aromatic heterocycles. The van der Waals surface area contributed by atoms with E-state index in [-0.39, 0.29) is 23.1 Å². The van der Waals surface area contributed by atoms with Gasteiger partial charge in [0.2, 0.25) is 11.8 Å². The Balaban J connectivity index is 1.10. The first-order valence-electron chi connectivity index (χ1n) is 14.6. The summed E-state index contributed by atoms with van der Waals surface area (Å²) in [7, 11) is -0.991. The topological polar surface area (TPSA) is 83.6 Å². The number of hydrogen-bond acceptors (Lipinski definition) is 4. The van der Waals surface area contributed by atoms with E-state index < -0.39 is 9.84 Å². The number of amides is 2. The standard InChI is InChI=1S/C28H48N2O4S/c1-30(18-17-21-5-3-2-4-6-21)28(32)24-11-13-25(14-12-24)29-27(31)19-22-9-15-26(16-10-22)35(33,34)20-23-7-8-23/h21-26H,2-20H2,1H3,(H,29,31). The van der Waals surface area contributed by atoms with Gasteiger partial charge in [0.1, 0.15) is 0 Å². The van der Waals surface area contributed by atoms with Gasteiger partial charge in [-0.2, -0.15) is 0 Å². The van der Waals surface area contributed by atoms with E-state index in [0.29, 0.717) is 42.8 Å². The van der Waals surface area contributed by atoms with E-state index in [1.807, 2.05) is 11.9 Å². The molecule has 35 heavy (non-hydrogen) atoms. The van der Waals surface area contributed by atoms with Crippen molar-refractivity contribution in [2.75, 3.05) is 19.3 Å². The average Bonchev–Trinajstić information content (AvgIpc) is 3.67. The number of hydrogen-bond donors (Lipinski definition) is 1. The summed E-state index contributed by atoms with van der Waals surface area (Å²) in [4.78, 5) is 27.5. The van der Waals surface area contributed by atoms with Crippen molar-refractivity contribution in [3.05, 3.63) is 0 Å². The predicted octanol–water partition coefficient (Wildman–Crippen LogP) is 4.86. The van der Waals surface area contributed by atoms with Gasteiger partial charge in [-0.25, -0.2) is 8.42 Å². The highest BCUT2D eigenvalue weighted by atomic mass is 32.2. The summed E-state index contributed by atoms with van der Waals surface area (Å²) in [6, 6.07) is 0.175. The van der Waals surface area contributed by atoms with Gasteiger partial charge in [0.05, 0.1) is 11.0 Å². The van der Waals surface area contributed by atoms with E-state index in [9.17, 15) is 18.0 Å². The molecule has 1 N–H and O–H groups in total. The fraction of sp³-hybridized carbons (Fsp3) is 0.929. The third-order valence-corrected chi connectivity index (χ3v) is 11.8. The quantitative estimate of drug-likeness (QED) is 0.457. The van der Waals surface area contributed by atoms with Crippen LogP contribution in [0.2, 0.25) is 0 Å². The van der Waals surface area contributed by atoms with Crippen LogP contribution in [-0.2, 0) is 19.4 Å². The van der Waals surface area contributed by atoms with Crippen LogP contribution in [0.5, 0.6) is 0 Å². The summed E-state index contributed by atoms with van der Waals surface area (Å²) >= 11 is 0. The van der Waals surface area contributed by atoms with Crippen molar-refractivity contribution < 1.29 is 18.0 Å². The molecule has 4 aliphatic rings. The third-order valence-electron chi connectivity index (χ3n) is 9.36. The molecule has 0 heterocycles. The molecule has 7 heteroatoms. The fourth-order valence-electron chi connectivity index (χ4n) is 6.75. The Bertz CT molecular complexity index is 803. The molecule has 0 aromatic carbocycles. The molecule has 0 unspecified atom stereocenters. The van der Waals surface area contributed by atoms with Crippen molar-refractivity contribution in [2.24, 2.45) is 23.7 Å². The lowest BCUT2D eigenvalue weighted by molar-refractivity contribution is -0.135. The van der Waals surface area contributed by atoms with Crippen LogP contribution in [0, 0.1) is 23.7 Å². The number of nitrogens with zero attached hydrogens (tertiary/aromatic N) is 1. The lowest BCUT2D eigenvalue weighted by Crippen LogP contribution is -2.42. The monoisotopic (exact) mass is 508 g/mol. The highest BCUT2D eigenvalue weighted by Crippen LogP contribution is 2.36. The molecule has 4 rings (SSSR count). The Morgan fingerprint density at radius 3 is 2.03 bits per heavy atom. The van der Waals surface area contributed by atoms with Gasteiger partial charge >= 0.3 is 0 Å². The van der Waals surface area contributed by atoms with Gasteiger partial charge in [0.15, 0.2) is 9.84 Å². The van der Waals surface area contributed by atoms with E-state index in [4.69, 9.17) is 0 Å². The van der Waals surface area contributed by atoms with Crippen LogP contribution < -0.4 is 5.32 Å². The van der Waals surface area contributed by atoms with E-state index in [0.717, 1.165) is 70.3 Å². The maximum atomic E-state index is 12.9. The number of rotatable bonds is 10. The zero-order valence-corrected chi connectivity index (χ0v) is 22.7. The normalized spacial score (nSPS) is 30.5. The average molecular weight is 509 g/mol. The molecule has 0 aliphatic heterocycles. The first-order valence-corrected chi connectivity index (χ1v) is 16.3. The Kier molecular flexibility index (Phi) is 9.56. The van der Waals surface area contributed by atoms with Gasteiger partial charge in [-0.15, -0.1) is 0 Å². The van der Waals surface area contributed by atoms with E-state index in [1.54, 1.807) is 0 Å². The second kappa shape index (κ2) is 12.4. The minimum atomic E-state index is -2.95. The first kappa shape index (κ1) is 26.9. The van der Waals surface area contributed by atoms with E-state index in [2.05, 4.69) is 5.32 Å². The summed E-state index contributed by atoms with van der Waals surface area (Å²) < 4.78 is 25.1. The Morgan fingerprint density at radius 1 is 0.771 bits per heavy atom. The molecule has 4 aliphatic carbocycles. The number of carbonyl (C=O) groups excluding carboxylic acids is 2. The van der Waals surface area contributed by atoms with E-state index >= 15 is 0 Å². The molecule has 0 radical (unpaired) electrons. The largest absolute Gasteiger partial charge is 0.353 e. The first-order chi connectivity index (χ1) is 16.8. The van der Waals surface area contributed by atoms with Gasteiger partial charge < -0.3 is 10.2 Å². The Labute approximate surface area is 213 Å². The predicted molar refractivity (Wildman–Crippen MR) is 140 cm³/mol. The minimum absolute atomic E-state index is 0.104. The number of sulfone groups is 1. The van der Waals surface area contributed by atoms with Gasteiger partial charge in [0, 0.05) is 32.0 Å². The van der Waals surface area contributed by atoms with Crippen molar-refractivity contribution in [2.45, 2.75) is 120 Å². The Morgan fingerprint density at radius 2 is 1.40 bits per heavy atom. The molecule has 0 bridgehead atoms. The van der Waals surface area contributed by atoms with Gasteiger partial charge in [0.25, 0.3) is 0 Å².